The van der Waals surface area contributed by atoms with Crippen LogP contribution in [0, 0.1) is 0 Å². The maximum atomic E-state index is 5.46. The zero-order chi connectivity index (χ0) is 11.2. The summed E-state index contributed by atoms with van der Waals surface area (Å²) in [6, 6.07) is 0. The second-order valence-electron chi connectivity index (χ2n) is 3.12. The lowest BCUT2D eigenvalue weighted by atomic mass is 10.7. The average molecular weight is 239 g/mol. The molecule has 16 heavy (non-hydrogen) atoms. The molecule has 0 bridgehead atoms. The molecule has 0 unspecified atom stereocenters. The Bertz CT molecular complexity index is 410. The van der Waals surface area contributed by atoms with E-state index in [4.69, 9.17) is 5.73 Å². The summed E-state index contributed by atoms with van der Waals surface area (Å²) in [4.78, 5) is 3.98. The zero-order valence-corrected chi connectivity index (χ0v) is 9.55. The second kappa shape index (κ2) is 5.61. The van der Waals surface area contributed by atoms with Crippen LogP contribution in [0.25, 0.3) is 0 Å². The third-order valence-electron chi connectivity index (χ3n) is 1.98. The fourth-order valence-corrected chi connectivity index (χ4v) is 2.08. The number of aryl methyl sites for hydroxylation is 1. The van der Waals surface area contributed by atoms with Crippen LogP contribution in [0.4, 0.5) is 0 Å². The van der Waals surface area contributed by atoms with Gasteiger partial charge in [-0.15, -0.1) is 5.10 Å². The van der Waals surface area contributed by atoms with E-state index in [-0.39, 0.29) is 0 Å². The molecule has 2 aromatic heterocycles. The van der Waals surface area contributed by atoms with E-state index >= 15 is 0 Å². The molecule has 2 rings (SSSR count). The van der Waals surface area contributed by atoms with Gasteiger partial charge in [-0.2, -0.15) is 0 Å². The van der Waals surface area contributed by atoms with E-state index < -0.39 is 0 Å². The van der Waals surface area contributed by atoms with E-state index in [0.29, 0.717) is 13.1 Å². The van der Waals surface area contributed by atoms with Crippen LogP contribution in [0.3, 0.4) is 0 Å². The van der Waals surface area contributed by atoms with Crippen molar-refractivity contribution in [3.05, 3.63) is 18.7 Å². The first-order valence-electron chi connectivity index (χ1n) is 4.95. The second-order valence-corrected chi connectivity index (χ2v) is 4.18. The van der Waals surface area contributed by atoms with Crippen LogP contribution >= 0.6 is 11.8 Å². The third-order valence-corrected chi connectivity index (χ3v) is 2.92. The number of nitrogens with zero attached hydrogens (tertiary/aromatic N) is 6. The molecule has 2 aromatic rings. The summed E-state index contributed by atoms with van der Waals surface area (Å²) in [5.74, 6) is 0.904. The van der Waals surface area contributed by atoms with Gasteiger partial charge in [0.1, 0.15) is 0 Å². The minimum atomic E-state index is 0.542. The highest BCUT2D eigenvalue weighted by atomic mass is 32.2. The van der Waals surface area contributed by atoms with Crippen molar-refractivity contribution in [1.29, 1.82) is 0 Å². The third kappa shape index (κ3) is 2.80. The van der Waals surface area contributed by atoms with Crippen molar-refractivity contribution in [2.75, 3.05) is 12.3 Å². The van der Waals surface area contributed by atoms with Gasteiger partial charge in [-0.05, 0) is 10.4 Å². The molecule has 8 heteroatoms. The highest BCUT2D eigenvalue weighted by Gasteiger charge is 2.05. The largest absolute Gasteiger partial charge is 0.337 e. The van der Waals surface area contributed by atoms with E-state index in [9.17, 15) is 0 Å². The van der Waals surface area contributed by atoms with Crippen LogP contribution in [0.2, 0.25) is 0 Å². The Labute approximate surface area is 97.0 Å². The normalized spacial score (nSPS) is 10.8. The predicted molar refractivity (Wildman–Crippen MR) is 59.8 cm³/mol. The van der Waals surface area contributed by atoms with Crippen molar-refractivity contribution >= 4 is 11.8 Å². The van der Waals surface area contributed by atoms with Crippen LogP contribution in [0.15, 0.2) is 23.9 Å². The number of aromatic nitrogens is 6. The summed E-state index contributed by atoms with van der Waals surface area (Å²) in [6.45, 7) is 2.08. The first-order valence-corrected chi connectivity index (χ1v) is 5.93. The number of imidazole rings is 1. The van der Waals surface area contributed by atoms with Gasteiger partial charge in [0.25, 0.3) is 0 Å². The molecular weight excluding hydrogens is 226 g/mol. The summed E-state index contributed by atoms with van der Waals surface area (Å²) in [5, 5.41) is 12.2. The molecule has 0 spiro atoms. The van der Waals surface area contributed by atoms with Crippen LogP contribution in [-0.4, -0.2) is 42.1 Å². The van der Waals surface area contributed by atoms with Crippen molar-refractivity contribution in [3.63, 3.8) is 0 Å². The van der Waals surface area contributed by atoms with Gasteiger partial charge in [0.05, 0.1) is 12.9 Å². The molecule has 0 fully saturated rings. The number of thioether (sulfide) groups is 1. The molecule has 0 atom stereocenters. The minimum absolute atomic E-state index is 0.542. The molecule has 2 heterocycles. The van der Waals surface area contributed by atoms with Crippen molar-refractivity contribution in [2.24, 2.45) is 5.73 Å². The fourth-order valence-electron chi connectivity index (χ4n) is 1.22. The Hall–Kier alpha value is -1.41. The van der Waals surface area contributed by atoms with E-state index in [0.717, 1.165) is 17.5 Å². The molecule has 86 valence electrons. The lowest BCUT2D eigenvalue weighted by Gasteiger charge is -2.02. The first-order chi connectivity index (χ1) is 7.90. The topological polar surface area (TPSA) is 87.4 Å². The van der Waals surface area contributed by atoms with E-state index in [2.05, 4.69) is 20.5 Å². The molecular formula is C8H13N7S. The lowest BCUT2D eigenvalue weighted by Crippen LogP contribution is -2.12. The standard InChI is InChI=1S/C8H13N7S/c9-1-3-15-8(11-12-13-15)16-6-5-14-4-2-10-7-14/h2,4,7H,1,3,5-6,9H2. The number of hydrogen-bond acceptors (Lipinski definition) is 6. The van der Waals surface area contributed by atoms with Crippen LogP contribution in [-0.2, 0) is 13.1 Å². The summed E-state index contributed by atoms with van der Waals surface area (Å²) >= 11 is 1.61. The molecule has 0 saturated carbocycles. The summed E-state index contributed by atoms with van der Waals surface area (Å²) in [5.41, 5.74) is 5.46. The Morgan fingerprint density at radius 3 is 3.06 bits per heavy atom. The van der Waals surface area contributed by atoms with Crippen LogP contribution < -0.4 is 5.73 Å². The SMILES string of the molecule is NCCn1nnnc1SCCn1ccnc1. The van der Waals surface area contributed by atoms with Gasteiger partial charge in [0, 0.05) is 31.2 Å². The van der Waals surface area contributed by atoms with Gasteiger partial charge in [0.2, 0.25) is 5.16 Å². The fraction of sp³-hybridized carbons (Fsp3) is 0.500. The van der Waals surface area contributed by atoms with Gasteiger partial charge in [0.15, 0.2) is 0 Å². The van der Waals surface area contributed by atoms with Gasteiger partial charge in [-0.1, -0.05) is 11.8 Å². The lowest BCUT2D eigenvalue weighted by molar-refractivity contribution is 0.556. The average Bonchev–Trinajstić information content (AvgIpc) is 2.91. The van der Waals surface area contributed by atoms with Crippen LogP contribution in [0.1, 0.15) is 0 Å². The number of nitrogens with two attached hydrogens (primary N) is 1. The first kappa shape index (κ1) is 11.1. The Morgan fingerprint density at radius 1 is 1.38 bits per heavy atom. The van der Waals surface area contributed by atoms with Gasteiger partial charge in [-0.25, -0.2) is 9.67 Å². The minimum Gasteiger partial charge on any atom is -0.337 e. The van der Waals surface area contributed by atoms with Gasteiger partial charge >= 0.3 is 0 Å². The maximum absolute atomic E-state index is 5.46. The Morgan fingerprint density at radius 2 is 2.31 bits per heavy atom. The molecule has 7 nitrogen and oxygen atoms in total. The number of hydrogen-bond donors (Lipinski definition) is 1. The van der Waals surface area contributed by atoms with E-state index in [1.807, 2.05) is 10.8 Å². The summed E-state index contributed by atoms with van der Waals surface area (Å²) in [6.07, 6.45) is 5.50. The molecule has 0 aromatic carbocycles. The molecule has 0 radical (unpaired) electrons. The highest BCUT2D eigenvalue weighted by molar-refractivity contribution is 7.99. The number of tetrazole rings is 1. The van der Waals surface area contributed by atoms with E-state index in [1.54, 1.807) is 29.0 Å². The molecule has 0 aliphatic heterocycles. The zero-order valence-electron chi connectivity index (χ0n) is 8.73. The molecule has 0 aliphatic carbocycles. The summed E-state index contributed by atoms with van der Waals surface area (Å²) in [7, 11) is 0. The molecule has 0 aliphatic rings. The number of rotatable bonds is 6. The van der Waals surface area contributed by atoms with Crippen molar-refractivity contribution in [2.45, 2.75) is 18.2 Å². The quantitative estimate of drug-likeness (QED) is 0.691. The Balaban J connectivity index is 1.82. The summed E-state index contributed by atoms with van der Waals surface area (Å²) < 4.78 is 3.74. The monoisotopic (exact) mass is 239 g/mol. The van der Waals surface area contributed by atoms with Crippen molar-refractivity contribution in [3.8, 4) is 0 Å². The highest BCUT2D eigenvalue weighted by Crippen LogP contribution is 2.13. The predicted octanol–water partition coefficient (Wildman–Crippen LogP) is -0.379. The molecule has 0 amide bonds. The maximum Gasteiger partial charge on any atom is 0.209 e. The van der Waals surface area contributed by atoms with Gasteiger partial charge in [-0.3, -0.25) is 0 Å². The smallest absolute Gasteiger partial charge is 0.209 e. The molecule has 2 N–H and O–H groups in total. The Kier molecular flexibility index (Phi) is 3.89. The van der Waals surface area contributed by atoms with Crippen molar-refractivity contribution < 1.29 is 0 Å². The molecule has 0 saturated heterocycles. The van der Waals surface area contributed by atoms with Crippen LogP contribution in [0.5, 0.6) is 0 Å². The van der Waals surface area contributed by atoms with Crippen molar-refractivity contribution in [1.82, 2.24) is 29.8 Å². The van der Waals surface area contributed by atoms with E-state index in [1.165, 1.54) is 0 Å². The van der Waals surface area contributed by atoms with Gasteiger partial charge < -0.3 is 10.3 Å².